The fourth-order valence-corrected chi connectivity index (χ4v) is 4.57. The van der Waals surface area contributed by atoms with Gasteiger partial charge in [-0.25, -0.2) is 0 Å². The van der Waals surface area contributed by atoms with E-state index in [0.717, 1.165) is 31.5 Å². The minimum atomic E-state index is 0.167. The highest BCUT2D eigenvalue weighted by Gasteiger charge is 2.46. The average Bonchev–Trinajstić information content (AvgIpc) is 2.92. The first-order valence-corrected chi connectivity index (χ1v) is 9.04. The number of rotatable bonds is 3. The molecule has 1 amide bonds. The van der Waals surface area contributed by atoms with Crippen LogP contribution in [0.25, 0.3) is 0 Å². The van der Waals surface area contributed by atoms with E-state index in [1.54, 1.807) is 19.2 Å². The Morgan fingerprint density at radius 2 is 2.09 bits per heavy atom. The topological polar surface area (TPSA) is 29.5 Å². The molecular weight excluding hydrogens is 333 g/mol. The average molecular weight is 356 g/mol. The number of nitrogens with zero attached hydrogens (tertiary/aromatic N) is 1. The molecule has 2 fully saturated rings. The number of likely N-dealkylation sites (tertiary alicyclic amines) is 1. The lowest BCUT2D eigenvalue weighted by atomic mass is 9.76. The van der Waals surface area contributed by atoms with Crippen LogP contribution in [0.4, 0.5) is 0 Å². The van der Waals surface area contributed by atoms with Gasteiger partial charge >= 0.3 is 0 Å². The summed E-state index contributed by atoms with van der Waals surface area (Å²) in [6.45, 7) is 1.67. The summed E-state index contributed by atoms with van der Waals surface area (Å²) in [6, 6.07) is 5.41. The van der Waals surface area contributed by atoms with Gasteiger partial charge in [-0.3, -0.25) is 4.79 Å². The van der Waals surface area contributed by atoms with Crippen LogP contribution in [-0.2, 0) is 16.0 Å². The molecule has 1 spiro atoms. The Morgan fingerprint density at radius 1 is 1.30 bits per heavy atom. The lowest BCUT2D eigenvalue weighted by Crippen LogP contribution is -2.50. The van der Waals surface area contributed by atoms with Gasteiger partial charge in [-0.15, -0.1) is 0 Å². The summed E-state index contributed by atoms with van der Waals surface area (Å²) >= 11 is 12.0. The van der Waals surface area contributed by atoms with Crippen LogP contribution in [0.3, 0.4) is 0 Å². The number of amides is 1. The van der Waals surface area contributed by atoms with E-state index in [4.69, 9.17) is 27.9 Å². The quantitative estimate of drug-likeness (QED) is 0.806. The Balaban J connectivity index is 1.68. The van der Waals surface area contributed by atoms with Gasteiger partial charge in [0.1, 0.15) is 0 Å². The van der Waals surface area contributed by atoms with Gasteiger partial charge in [-0.1, -0.05) is 35.7 Å². The van der Waals surface area contributed by atoms with Gasteiger partial charge < -0.3 is 9.64 Å². The first-order chi connectivity index (χ1) is 11.0. The third-order valence-corrected chi connectivity index (χ3v) is 6.15. The van der Waals surface area contributed by atoms with Crippen LogP contribution < -0.4 is 0 Å². The summed E-state index contributed by atoms with van der Waals surface area (Å²) in [5.41, 5.74) is 1.08. The highest BCUT2D eigenvalue weighted by Crippen LogP contribution is 2.46. The summed E-state index contributed by atoms with van der Waals surface area (Å²) < 4.78 is 5.71. The predicted octanol–water partition coefficient (Wildman–Crippen LogP) is 4.34. The molecule has 5 heteroatoms. The number of ether oxygens (including phenoxy) is 1. The maximum Gasteiger partial charge on any atom is 0.227 e. The second-order valence-corrected chi connectivity index (χ2v) is 7.64. The van der Waals surface area contributed by atoms with Gasteiger partial charge in [0.05, 0.1) is 22.6 Å². The predicted molar refractivity (Wildman–Crippen MR) is 93.1 cm³/mol. The Morgan fingerprint density at radius 3 is 2.83 bits per heavy atom. The lowest BCUT2D eigenvalue weighted by Gasteiger charge is -2.43. The maximum absolute atomic E-state index is 12.7. The number of benzene rings is 1. The number of carbonyl (C=O) groups excluding carboxylic acids is 1. The molecule has 3 rings (SSSR count). The van der Waals surface area contributed by atoms with Crippen molar-refractivity contribution < 1.29 is 9.53 Å². The monoisotopic (exact) mass is 355 g/mol. The van der Waals surface area contributed by atoms with Crippen molar-refractivity contribution in [3.63, 3.8) is 0 Å². The molecule has 1 aromatic carbocycles. The number of piperidine rings is 1. The molecule has 1 aromatic rings. The van der Waals surface area contributed by atoms with Crippen LogP contribution in [0.5, 0.6) is 0 Å². The van der Waals surface area contributed by atoms with Gasteiger partial charge in [0.15, 0.2) is 0 Å². The molecule has 1 saturated carbocycles. The first kappa shape index (κ1) is 17.1. The van der Waals surface area contributed by atoms with E-state index in [2.05, 4.69) is 0 Å². The summed E-state index contributed by atoms with van der Waals surface area (Å²) in [5, 5.41) is 1.02. The molecule has 23 heavy (non-hydrogen) atoms. The largest absolute Gasteiger partial charge is 0.381 e. The summed E-state index contributed by atoms with van der Waals surface area (Å²) in [6.07, 6.45) is 6.39. The van der Waals surface area contributed by atoms with Crippen LogP contribution in [-0.4, -0.2) is 37.1 Å². The zero-order valence-electron chi connectivity index (χ0n) is 13.5. The molecule has 1 aliphatic heterocycles. The highest BCUT2D eigenvalue weighted by molar-refractivity contribution is 6.42. The van der Waals surface area contributed by atoms with Gasteiger partial charge in [-0.2, -0.15) is 0 Å². The fourth-order valence-electron chi connectivity index (χ4n) is 4.25. The number of carbonyl (C=O) groups is 1. The summed E-state index contributed by atoms with van der Waals surface area (Å²) in [5.74, 6) is 0.171. The van der Waals surface area contributed by atoms with Gasteiger partial charge in [0.25, 0.3) is 0 Å². The molecule has 0 aromatic heterocycles. The Kier molecular flexibility index (Phi) is 5.19. The van der Waals surface area contributed by atoms with E-state index in [-0.39, 0.29) is 11.3 Å². The molecule has 0 N–H and O–H groups in total. The zero-order valence-corrected chi connectivity index (χ0v) is 15.0. The minimum Gasteiger partial charge on any atom is -0.381 e. The van der Waals surface area contributed by atoms with E-state index in [1.165, 1.54) is 19.3 Å². The molecule has 1 aliphatic carbocycles. The third kappa shape index (κ3) is 3.52. The number of hydrogen-bond donors (Lipinski definition) is 0. The summed E-state index contributed by atoms with van der Waals surface area (Å²) in [7, 11) is 1.80. The second-order valence-electron chi connectivity index (χ2n) is 6.82. The zero-order chi connectivity index (χ0) is 16.4. The van der Waals surface area contributed by atoms with E-state index >= 15 is 0 Å². The highest BCUT2D eigenvalue weighted by atomic mass is 35.5. The van der Waals surface area contributed by atoms with Crippen molar-refractivity contribution in [2.75, 3.05) is 20.2 Å². The van der Waals surface area contributed by atoms with Gasteiger partial charge in [0, 0.05) is 25.6 Å². The smallest absolute Gasteiger partial charge is 0.227 e. The molecule has 126 valence electrons. The summed E-state index contributed by atoms with van der Waals surface area (Å²) in [4.78, 5) is 14.7. The molecule has 0 unspecified atom stereocenters. The van der Waals surface area contributed by atoms with Crippen molar-refractivity contribution >= 4 is 29.1 Å². The van der Waals surface area contributed by atoms with Gasteiger partial charge in [-0.05, 0) is 43.4 Å². The fraction of sp³-hybridized carbons (Fsp3) is 0.611. The molecule has 0 bridgehead atoms. The van der Waals surface area contributed by atoms with Crippen molar-refractivity contribution in [3.05, 3.63) is 33.8 Å². The van der Waals surface area contributed by atoms with Crippen LogP contribution in [0, 0.1) is 5.41 Å². The van der Waals surface area contributed by atoms with E-state index < -0.39 is 0 Å². The van der Waals surface area contributed by atoms with Crippen LogP contribution in [0.2, 0.25) is 10.0 Å². The Labute approximate surface area is 147 Å². The first-order valence-electron chi connectivity index (χ1n) is 8.28. The number of hydrogen-bond acceptors (Lipinski definition) is 2. The van der Waals surface area contributed by atoms with Crippen LogP contribution >= 0.6 is 23.2 Å². The van der Waals surface area contributed by atoms with E-state index in [0.29, 0.717) is 22.6 Å². The Hall–Kier alpha value is -0.770. The minimum absolute atomic E-state index is 0.167. The van der Waals surface area contributed by atoms with Crippen molar-refractivity contribution in [2.45, 2.75) is 44.6 Å². The van der Waals surface area contributed by atoms with Gasteiger partial charge in [0.2, 0.25) is 5.91 Å². The molecule has 2 atom stereocenters. The third-order valence-electron chi connectivity index (χ3n) is 5.41. The molecule has 3 nitrogen and oxygen atoms in total. The number of methoxy groups -OCH3 is 1. The van der Waals surface area contributed by atoms with Crippen molar-refractivity contribution in [1.82, 2.24) is 4.90 Å². The number of halogens is 2. The van der Waals surface area contributed by atoms with Crippen LogP contribution in [0.15, 0.2) is 18.2 Å². The van der Waals surface area contributed by atoms with E-state index in [9.17, 15) is 4.79 Å². The maximum atomic E-state index is 12.7. The van der Waals surface area contributed by atoms with E-state index in [1.807, 2.05) is 11.0 Å². The second kappa shape index (κ2) is 7.00. The molecule has 2 aliphatic rings. The SMILES string of the molecule is CO[C@@H]1CCC[C@]12CCCN(C(=O)Cc1ccc(Cl)c(Cl)c1)C2. The van der Waals surface area contributed by atoms with Crippen molar-refractivity contribution in [1.29, 1.82) is 0 Å². The normalized spacial score (nSPS) is 27.6. The lowest BCUT2D eigenvalue weighted by molar-refractivity contribution is -0.136. The van der Waals surface area contributed by atoms with Crippen molar-refractivity contribution in [3.8, 4) is 0 Å². The van der Waals surface area contributed by atoms with Crippen molar-refractivity contribution in [2.24, 2.45) is 5.41 Å². The molecule has 0 radical (unpaired) electrons. The molecular formula is C18H23Cl2NO2. The Bertz CT molecular complexity index is 592. The standard InChI is InChI=1S/C18H23Cl2NO2/c1-23-16-4-2-7-18(16)8-3-9-21(12-18)17(22)11-13-5-6-14(19)15(20)10-13/h5-6,10,16H,2-4,7-9,11-12H2,1H3/t16-,18-/m1/s1. The molecule has 1 saturated heterocycles. The van der Waals surface area contributed by atoms with Crippen LogP contribution in [0.1, 0.15) is 37.7 Å². The molecule has 1 heterocycles.